The van der Waals surface area contributed by atoms with Crippen LogP contribution in [0.3, 0.4) is 0 Å². The summed E-state index contributed by atoms with van der Waals surface area (Å²) in [7, 11) is 0. The summed E-state index contributed by atoms with van der Waals surface area (Å²) in [6.07, 6.45) is -3.95. The number of halogens is 4. The first-order chi connectivity index (χ1) is 7.39. The van der Waals surface area contributed by atoms with Crippen LogP contribution in [-0.4, -0.2) is 27.5 Å². The minimum Gasteiger partial charge on any atom is -0.286 e. The van der Waals surface area contributed by atoms with Gasteiger partial charge in [-0.3, -0.25) is 9.69 Å². The lowest BCUT2D eigenvalue weighted by atomic mass is 10.4. The molecule has 2 rings (SSSR count). The fraction of sp³-hybridized carbons (Fsp3) is 0.571. The van der Waals surface area contributed by atoms with E-state index in [4.69, 9.17) is 0 Å². The molecule has 16 heavy (non-hydrogen) atoms. The van der Waals surface area contributed by atoms with E-state index in [0.717, 1.165) is 0 Å². The van der Waals surface area contributed by atoms with Crippen LogP contribution in [-0.2, 0) is 11.0 Å². The van der Waals surface area contributed by atoms with Crippen molar-refractivity contribution < 1.29 is 18.0 Å². The van der Waals surface area contributed by atoms with Gasteiger partial charge in [-0.1, -0.05) is 27.3 Å². The minimum absolute atomic E-state index is 0.000671. The van der Waals surface area contributed by atoms with Crippen LogP contribution in [0.4, 0.5) is 18.3 Å². The lowest BCUT2D eigenvalue weighted by molar-refractivity contribution is -0.138. The van der Waals surface area contributed by atoms with Gasteiger partial charge in [-0.05, 0) is 6.42 Å². The number of alkyl halides is 4. The summed E-state index contributed by atoms with van der Waals surface area (Å²) in [5, 5.41) is 5.37. The molecule has 1 amide bonds. The Balaban J connectivity index is 2.23. The summed E-state index contributed by atoms with van der Waals surface area (Å²) in [5.74, 6) is -0.273. The maximum Gasteiger partial charge on any atom is 0.445 e. The van der Waals surface area contributed by atoms with Crippen molar-refractivity contribution in [2.24, 2.45) is 0 Å². The summed E-state index contributed by atoms with van der Waals surface area (Å²) < 4.78 is 36.8. The Labute approximate surface area is 101 Å². The van der Waals surface area contributed by atoms with E-state index < -0.39 is 11.2 Å². The number of anilines is 1. The molecule has 0 spiro atoms. The SMILES string of the molecule is O=C1[C@H](Br)CCN1c1nnc(C(F)(F)F)s1. The summed E-state index contributed by atoms with van der Waals surface area (Å²) in [6, 6.07) is 0. The Morgan fingerprint density at radius 1 is 1.44 bits per heavy atom. The number of carbonyl (C=O) groups is 1. The molecule has 0 aliphatic carbocycles. The second-order valence-corrected chi connectivity index (χ2v) is 5.19. The number of carbonyl (C=O) groups excluding carboxylic acids is 1. The molecule has 1 aliphatic heterocycles. The fourth-order valence-electron chi connectivity index (χ4n) is 1.27. The Kier molecular flexibility index (Phi) is 2.91. The van der Waals surface area contributed by atoms with Crippen molar-refractivity contribution >= 4 is 38.3 Å². The van der Waals surface area contributed by atoms with Crippen LogP contribution in [0.2, 0.25) is 0 Å². The Hall–Kier alpha value is -0.700. The Morgan fingerprint density at radius 2 is 2.12 bits per heavy atom. The highest BCUT2D eigenvalue weighted by molar-refractivity contribution is 9.10. The topological polar surface area (TPSA) is 46.1 Å². The van der Waals surface area contributed by atoms with Crippen molar-refractivity contribution in [1.29, 1.82) is 0 Å². The van der Waals surface area contributed by atoms with E-state index in [1.807, 2.05) is 0 Å². The van der Waals surface area contributed by atoms with Gasteiger partial charge in [0.05, 0.1) is 4.83 Å². The predicted octanol–water partition coefficient (Wildman–Crippen LogP) is 2.06. The van der Waals surface area contributed by atoms with Crippen LogP contribution < -0.4 is 4.90 Å². The van der Waals surface area contributed by atoms with Crippen LogP contribution in [0, 0.1) is 0 Å². The minimum atomic E-state index is -4.51. The molecule has 4 nitrogen and oxygen atoms in total. The first kappa shape index (κ1) is 11.8. The van der Waals surface area contributed by atoms with E-state index in [1.165, 1.54) is 4.90 Å². The largest absolute Gasteiger partial charge is 0.445 e. The fourth-order valence-corrected chi connectivity index (χ4v) is 2.47. The first-order valence-electron chi connectivity index (χ1n) is 4.26. The molecule has 2 heterocycles. The van der Waals surface area contributed by atoms with Crippen molar-refractivity contribution in [3.8, 4) is 0 Å². The molecule has 1 fully saturated rings. The molecule has 1 saturated heterocycles. The molecule has 0 aromatic carbocycles. The highest BCUT2D eigenvalue weighted by Gasteiger charge is 2.38. The normalized spacial score (nSPS) is 21.9. The number of hydrogen-bond acceptors (Lipinski definition) is 4. The number of hydrogen-bond donors (Lipinski definition) is 0. The van der Waals surface area contributed by atoms with Gasteiger partial charge in [0, 0.05) is 6.54 Å². The second-order valence-electron chi connectivity index (χ2n) is 3.13. The summed E-state index contributed by atoms with van der Waals surface area (Å²) in [4.78, 5) is 12.4. The van der Waals surface area contributed by atoms with Gasteiger partial charge < -0.3 is 0 Å². The van der Waals surface area contributed by atoms with Crippen molar-refractivity contribution in [1.82, 2.24) is 10.2 Å². The molecular formula is C7H5BrF3N3OS. The molecule has 1 aromatic heterocycles. The number of aromatic nitrogens is 2. The molecular weight excluding hydrogens is 311 g/mol. The second kappa shape index (κ2) is 3.95. The molecule has 0 unspecified atom stereocenters. The van der Waals surface area contributed by atoms with Gasteiger partial charge in [-0.15, -0.1) is 10.2 Å². The van der Waals surface area contributed by atoms with Crippen LogP contribution in [0.1, 0.15) is 11.4 Å². The average Bonchev–Trinajstić information content (AvgIpc) is 2.74. The van der Waals surface area contributed by atoms with Gasteiger partial charge in [0.1, 0.15) is 0 Å². The van der Waals surface area contributed by atoms with Gasteiger partial charge in [0.25, 0.3) is 0 Å². The van der Waals surface area contributed by atoms with E-state index in [9.17, 15) is 18.0 Å². The molecule has 9 heteroatoms. The first-order valence-corrected chi connectivity index (χ1v) is 5.99. The quantitative estimate of drug-likeness (QED) is 0.745. The zero-order chi connectivity index (χ0) is 11.9. The molecule has 1 atom stereocenters. The molecule has 0 N–H and O–H groups in total. The lowest BCUT2D eigenvalue weighted by Gasteiger charge is -2.09. The van der Waals surface area contributed by atoms with Crippen molar-refractivity contribution in [3.63, 3.8) is 0 Å². The maximum absolute atomic E-state index is 12.3. The van der Waals surface area contributed by atoms with Gasteiger partial charge in [0.2, 0.25) is 16.0 Å². The summed E-state index contributed by atoms with van der Waals surface area (Å²) in [6.45, 7) is 0.362. The lowest BCUT2D eigenvalue weighted by Crippen LogP contribution is -2.26. The summed E-state index contributed by atoms with van der Waals surface area (Å²) >= 11 is 3.51. The van der Waals surface area contributed by atoms with Gasteiger partial charge in [-0.2, -0.15) is 13.2 Å². The van der Waals surface area contributed by atoms with E-state index in [0.29, 0.717) is 24.3 Å². The van der Waals surface area contributed by atoms with E-state index in [2.05, 4.69) is 26.1 Å². The van der Waals surface area contributed by atoms with Gasteiger partial charge >= 0.3 is 6.18 Å². The molecule has 0 saturated carbocycles. The van der Waals surface area contributed by atoms with E-state index in [-0.39, 0.29) is 15.9 Å². The maximum atomic E-state index is 12.3. The molecule has 1 aliphatic rings. The highest BCUT2D eigenvalue weighted by Crippen LogP contribution is 2.35. The van der Waals surface area contributed by atoms with Crippen LogP contribution >= 0.6 is 27.3 Å². The third-order valence-electron chi connectivity index (χ3n) is 2.03. The standard InChI is InChI=1S/C7H5BrF3N3OS/c8-3-1-2-14(4(3)15)6-13-12-5(16-6)7(9,10)11/h3H,1-2H2/t3-/m1/s1. The van der Waals surface area contributed by atoms with Crippen molar-refractivity contribution in [2.45, 2.75) is 17.4 Å². The Morgan fingerprint density at radius 3 is 2.56 bits per heavy atom. The number of amides is 1. The van der Waals surface area contributed by atoms with Gasteiger partial charge in [0.15, 0.2) is 0 Å². The monoisotopic (exact) mass is 315 g/mol. The van der Waals surface area contributed by atoms with Crippen LogP contribution in [0.15, 0.2) is 0 Å². The molecule has 0 radical (unpaired) electrons. The number of nitrogens with zero attached hydrogens (tertiary/aromatic N) is 3. The number of rotatable bonds is 1. The molecule has 0 bridgehead atoms. The zero-order valence-corrected chi connectivity index (χ0v) is 10.1. The molecule has 88 valence electrons. The summed E-state index contributed by atoms with van der Waals surface area (Å²) in [5.41, 5.74) is 0. The smallest absolute Gasteiger partial charge is 0.286 e. The third kappa shape index (κ3) is 2.05. The molecule has 1 aromatic rings. The van der Waals surface area contributed by atoms with E-state index in [1.54, 1.807) is 0 Å². The van der Waals surface area contributed by atoms with Gasteiger partial charge in [-0.25, -0.2) is 0 Å². The zero-order valence-electron chi connectivity index (χ0n) is 7.66. The van der Waals surface area contributed by atoms with Crippen molar-refractivity contribution in [3.05, 3.63) is 5.01 Å². The van der Waals surface area contributed by atoms with Crippen molar-refractivity contribution in [2.75, 3.05) is 11.4 Å². The third-order valence-corrected chi connectivity index (χ3v) is 3.87. The van der Waals surface area contributed by atoms with E-state index >= 15 is 0 Å². The predicted molar refractivity (Wildman–Crippen MR) is 54.6 cm³/mol. The van der Waals surface area contributed by atoms with Crippen LogP contribution in [0.25, 0.3) is 0 Å². The Bertz CT molecular complexity index is 421. The average molecular weight is 316 g/mol. The van der Waals surface area contributed by atoms with Crippen LogP contribution in [0.5, 0.6) is 0 Å². The highest BCUT2D eigenvalue weighted by atomic mass is 79.9.